The molecule has 4 rings (SSSR count). The molecule has 0 saturated heterocycles. The van der Waals surface area contributed by atoms with Gasteiger partial charge >= 0.3 is 5.97 Å². The number of carboxylic acid groups (broad SMARTS) is 1. The summed E-state index contributed by atoms with van der Waals surface area (Å²) >= 11 is 0. The highest BCUT2D eigenvalue weighted by molar-refractivity contribution is 5.99. The van der Waals surface area contributed by atoms with Crippen LogP contribution >= 0.6 is 0 Å². The first kappa shape index (κ1) is 19.4. The lowest BCUT2D eigenvalue weighted by Gasteiger charge is -2.50. The monoisotopic (exact) mass is 379 g/mol. The molecule has 1 N–H and O–H groups in total. The van der Waals surface area contributed by atoms with Crippen LogP contribution in [0.3, 0.4) is 0 Å². The Balaban J connectivity index is 1.89. The predicted octanol–water partition coefficient (Wildman–Crippen LogP) is 5.40. The van der Waals surface area contributed by atoms with E-state index in [4.69, 9.17) is 0 Å². The van der Waals surface area contributed by atoms with Gasteiger partial charge in [-0.1, -0.05) is 49.2 Å². The van der Waals surface area contributed by atoms with Crippen LogP contribution in [-0.2, 0) is 16.6 Å². The van der Waals surface area contributed by atoms with Crippen LogP contribution in [0.4, 0.5) is 0 Å². The van der Waals surface area contributed by atoms with Crippen LogP contribution in [0.15, 0.2) is 36.4 Å². The van der Waals surface area contributed by atoms with Gasteiger partial charge < -0.3 is 5.11 Å². The summed E-state index contributed by atoms with van der Waals surface area (Å²) in [5, 5.41) is 13.1. The first-order valence-corrected chi connectivity index (χ1v) is 10.9. The van der Waals surface area contributed by atoms with Crippen molar-refractivity contribution < 1.29 is 9.90 Å². The summed E-state index contributed by atoms with van der Waals surface area (Å²) in [5.41, 5.74) is 1.45. The van der Waals surface area contributed by atoms with Crippen molar-refractivity contribution in [1.29, 1.82) is 0 Å². The number of hydrogen-bond donors (Lipinski definition) is 1. The number of aliphatic carboxylic acids is 1. The normalized spacial score (nSPS) is 27.2. The second-order valence-electron chi connectivity index (χ2n) is 9.37. The highest BCUT2D eigenvalue weighted by Gasteiger charge is 2.55. The fourth-order valence-electron chi connectivity index (χ4n) is 6.42. The van der Waals surface area contributed by atoms with E-state index in [1.807, 2.05) is 6.07 Å². The molecule has 0 heterocycles. The highest BCUT2D eigenvalue weighted by Crippen LogP contribution is 2.52. The number of benzene rings is 2. The van der Waals surface area contributed by atoms with E-state index in [1.54, 1.807) is 0 Å². The molecule has 1 fully saturated rings. The van der Waals surface area contributed by atoms with E-state index in [0.29, 0.717) is 24.5 Å². The fourth-order valence-corrected chi connectivity index (χ4v) is 6.42. The molecule has 0 spiro atoms. The van der Waals surface area contributed by atoms with Gasteiger partial charge in [-0.2, -0.15) is 0 Å². The predicted molar refractivity (Wildman–Crippen MR) is 115 cm³/mol. The average Bonchev–Trinajstić information content (AvgIpc) is 2.99. The van der Waals surface area contributed by atoms with Gasteiger partial charge in [0, 0.05) is 18.1 Å². The summed E-state index contributed by atoms with van der Waals surface area (Å²) in [6.45, 7) is 9.01. The number of rotatable bonds is 5. The maximum atomic E-state index is 13.0. The molecule has 0 amide bonds. The van der Waals surface area contributed by atoms with Gasteiger partial charge in [-0.25, -0.2) is 0 Å². The van der Waals surface area contributed by atoms with Gasteiger partial charge in [-0.05, 0) is 74.8 Å². The van der Waals surface area contributed by atoms with Crippen molar-refractivity contribution in [3.63, 3.8) is 0 Å². The molecule has 3 heteroatoms. The zero-order valence-corrected chi connectivity index (χ0v) is 17.6. The van der Waals surface area contributed by atoms with Gasteiger partial charge in [0.1, 0.15) is 5.41 Å². The molecule has 3 atom stereocenters. The maximum Gasteiger partial charge on any atom is 0.314 e. The lowest BCUT2D eigenvalue weighted by molar-refractivity contribution is -0.149. The fraction of sp³-hybridized carbons (Fsp3) is 0.560. The van der Waals surface area contributed by atoms with Gasteiger partial charge in [0.2, 0.25) is 0 Å². The molecule has 0 bridgehead atoms. The van der Waals surface area contributed by atoms with E-state index in [9.17, 15) is 9.90 Å². The third-order valence-electron chi connectivity index (χ3n) is 7.26. The van der Waals surface area contributed by atoms with Crippen molar-refractivity contribution >= 4 is 16.7 Å². The zero-order chi connectivity index (χ0) is 20.1. The summed E-state index contributed by atoms with van der Waals surface area (Å²) in [6, 6.07) is 13.7. The van der Waals surface area contributed by atoms with Crippen LogP contribution in [0.1, 0.15) is 64.5 Å². The molecule has 2 aliphatic rings. The maximum absolute atomic E-state index is 13.0. The molecule has 2 aromatic rings. The molecule has 2 aromatic carbocycles. The summed E-state index contributed by atoms with van der Waals surface area (Å²) in [4.78, 5) is 15.6. The summed E-state index contributed by atoms with van der Waals surface area (Å²) in [5.74, 6) is -0.498. The summed E-state index contributed by atoms with van der Waals surface area (Å²) in [6.07, 6.45) is 5.06. The smallest absolute Gasteiger partial charge is 0.314 e. The van der Waals surface area contributed by atoms with Crippen molar-refractivity contribution in [3.05, 3.63) is 47.5 Å². The Morgan fingerprint density at radius 1 is 1.04 bits per heavy atom. The average molecular weight is 380 g/mol. The Kier molecular flexibility index (Phi) is 4.99. The number of hydrogen-bond acceptors (Lipinski definition) is 2. The van der Waals surface area contributed by atoms with E-state index in [1.165, 1.54) is 22.8 Å². The van der Waals surface area contributed by atoms with Crippen LogP contribution in [0, 0.1) is 5.92 Å². The topological polar surface area (TPSA) is 40.5 Å². The largest absolute Gasteiger partial charge is 0.481 e. The first-order chi connectivity index (χ1) is 13.4. The van der Waals surface area contributed by atoms with E-state index >= 15 is 0 Å². The molecule has 0 aromatic heterocycles. The number of carbonyl (C=O) groups is 1. The summed E-state index contributed by atoms with van der Waals surface area (Å²) < 4.78 is 0. The minimum absolute atomic E-state index is 0.140. The molecule has 3 unspecified atom stereocenters. The molecule has 0 radical (unpaired) electrons. The SMILES string of the molecule is CC(C)N(C(C)C)C1CCCCC1C1(C(=O)O)Cc2cccc3cccc1c23. The number of nitrogens with zero attached hydrogens (tertiary/aromatic N) is 1. The third kappa shape index (κ3) is 2.78. The van der Waals surface area contributed by atoms with Gasteiger partial charge in [-0.15, -0.1) is 0 Å². The van der Waals surface area contributed by atoms with Gasteiger partial charge in [0.25, 0.3) is 0 Å². The zero-order valence-electron chi connectivity index (χ0n) is 17.6. The third-order valence-corrected chi connectivity index (χ3v) is 7.26. The number of carboxylic acids is 1. The van der Waals surface area contributed by atoms with Crippen molar-refractivity contribution in [2.75, 3.05) is 0 Å². The first-order valence-electron chi connectivity index (χ1n) is 10.9. The van der Waals surface area contributed by atoms with E-state index in [0.717, 1.165) is 24.8 Å². The standard InChI is InChI=1S/C25H33NO2/c1-16(2)26(17(3)4)22-14-6-5-12-20(22)25(24(27)28)15-19-11-7-9-18-10-8-13-21(25)23(18)19/h7-11,13,16-17,20,22H,5-6,12,14-15H2,1-4H3,(H,27,28). The van der Waals surface area contributed by atoms with E-state index in [2.05, 4.69) is 62.9 Å². The van der Waals surface area contributed by atoms with Crippen molar-refractivity contribution in [1.82, 2.24) is 4.90 Å². The minimum atomic E-state index is -0.809. The highest BCUT2D eigenvalue weighted by atomic mass is 16.4. The van der Waals surface area contributed by atoms with Gasteiger partial charge in [0.15, 0.2) is 0 Å². The Hall–Kier alpha value is -1.87. The van der Waals surface area contributed by atoms with Crippen LogP contribution in [-0.4, -0.2) is 34.1 Å². The van der Waals surface area contributed by atoms with Crippen molar-refractivity contribution in [2.24, 2.45) is 5.92 Å². The molecule has 1 saturated carbocycles. The lowest BCUT2D eigenvalue weighted by Crippen LogP contribution is -2.57. The van der Waals surface area contributed by atoms with Crippen LogP contribution in [0.5, 0.6) is 0 Å². The van der Waals surface area contributed by atoms with Crippen LogP contribution < -0.4 is 0 Å². The molecule has 0 aliphatic heterocycles. The van der Waals surface area contributed by atoms with E-state index in [-0.39, 0.29) is 5.92 Å². The summed E-state index contributed by atoms with van der Waals surface area (Å²) in [7, 11) is 0. The molecule has 3 nitrogen and oxygen atoms in total. The molecule has 28 heavy (non-hydrogen) atoms. The van der Waals surface area contributed by atoms with Crippen LogP contribution in [0.2, 0.25) is 0 Å². The molecular formula is C25H33NO2. The Bertz CT molecular complexity index is 874. The minimum Gasteiger partial charge on any atom is -0.481 e. The van der Waals surface area contributed by atoms with Gasteiger partial charge in [-0.3, -0.25) is 9.69 Å². The van der Waals surface area contributed by atoms with E-state index < -0.39 is 11.4 Å². The van der Waals surface area contributed by atoms with Crippen molar-refractivity contribution in [2.45, 2.75) is 83.3 Å². The molecular weight excluding hydrogens is 346 g/mol. The van der Waals surface area contributed by atoms with Gasteiger partial charge in [0.05, 0.1) is 0 Å². The lowest BCUT2D eigenvalue weighted by atomic mass is 9.62. The molecule has 150 valence electrons. The molecule has 2 aliphatic carbocycles. The quantitative estimate of drug-likeness (QED) is 0.756. The Morgan fingerprint density at radius 2 is 1.68 bits per heavy atom. The Morgan fingerprint density at radius 3 is 2.32 bits per heavy atom. The van der Waals surface area contributed by atoms with Crippen molar-refractivity contribution in [3.8, 4) is 0 Å². The van der Waals surface area contributed by atoms with Crippen LogP contribution in [0.25, 0.3) is 10.8 Å². The second-order valence-corrected chi connectivity index (χ2v) is 9.37. The Labute approximate surface area is 168 Å². The second kappa shape index (κ2) is 7.18.